The summed E-state index contributed by atoms with van der Waals surface area (Å²) in [4.78, 5) is 3.89. The number of halogens is 1. The second-order valence-corrected chi connectivity index (χ2v) is 3.26. The summed E-state index contributed by atoms with van der Waals surface area (Å²) in [6.07, 6.45) is 5.13. The highest BCUT2D eigenvalue weighted by atomic mass is 35.5. The summed E-state index contributed by atoms with van der Waals surface area (Å²) in [5.41, 5.74) is 0.806. The molecule has 0 aliphatic rings. The molecule has 2 rings (SSSR count). The fourth-order valence-electron chi connectivity index (χ4n) is 1.10. The Morgan fingerprint density at radius 2 is 2.29 bits per heavy atom. The van der Waals surface area contributed by atoms with Crippen molar-refractivity contribution in [3.05, 3.63) is 35.7 Å². The predicted octanol–water partition coefficient (Wildman–Crippen LogP) is 2.21. The summed E-state index contributed by atoms with van der Waals surface area (Å²) >= 11 is 5.92. The number of nitrogens with zero attached hydrogens (tertiary/aromatic N) is 3. The van der Waals surface area contributed by atoms with Gasteiger partial charge in [-0.1, -0.05) is 11.6 Å². The third-order valence-corrected chi connectivity index (χ3v) is 2.05. The van der Waals surface area contributed by atoms with E-state index in [4.69, 9.17) is 11.6 Å². The lowest BCUT2D eigenvalue weighted by molar-refractivity contribution is 0.771. The van der Waals surface area contributed by atoms with Crippen LogP contribution >= 0.6 is 11.6 Å². The summed E-state index contributed by atoms with van der Waals surface area (Å²) in [6, 6.07) is 3.67. The standard InChI is InChI=1S/C9H9ClN4/c1-14-5-3-9(13-14)12-8-2-4-11-6-7(8)10/h2-6H,1H3,(H,11,12,13). The Morgan fingerprint density at radius 1 is 1.43 bits per heavy atom. The molecule has 4 nitrogen and oxygen atoms in total. The van der Waals surface area contributed by atoms with Gasteiger partial charge < -0.3 is 5.32 Å². The van der Waals surface area contributed by atoms with Crippen LogP contribution in [0.2, 0.25) is 5.02 Å². The number of aryl methyl sites for hydroxylation is 1. The molecular weight excluding hydrogens is 200 g/mol. The molecule has 0 aromatic carbocycles. The molecule has 1 N–H and O–H groups in total. The molecule has 2 aromatic rings. The van der Waals surface area contributed by atoms with Crippen LogP contribution in [0.15, 0.2) is 30.7 Å². The van der Waals surface area contributed by atoms with Crippen LogP contribution in [0, 0.1) is 0 Å². The highest BCUT2D eigenvalue weighted by Gasteiger charge is 2.01. The zero-order valence-electron chi connectivity index (χ0n) is 7.61. The van der Waals surface area contributed by atoms with E-state index in [1.54, 1.807) is 23.1 Å². The van der Waals surface area contributed by atoms with Gasteiger partial charge in [0.05, 0.1) is 10.7 Å². The third-order valence-electron chi connectivity index (χ3n) is 1.75. The Kier molecular flexibility index (Phi) is 2.37. The molecule has 0 amide bonds. The molecule has 14 heavy (non-hydrogen) atoms. The monoisotopic (exact) mass is 208 g/mol. The minimum atomic E-state index is 0.582. The summed E-state index contributed by atoms with van der Waals surface area (Å²) in [6.45, 7) is 0. The highest BCUT2D eigenvalue weighted by molar-refractivity contribution is 6.33. The van der Waals surface area contributed by atoms with Crippen molar-refractivity contribution in [1.82, 2.24) is 14.8 Å². The first-order chi connectivity index (χ1) is 6.75. The van der Waals surface area contributed by atoms with Crippen LogP contribution in [-0.4, -0.2) is 14.8 Å². The van der Waals surface area contributed by atoms with Crippen molar-refractivity contribution < 1.29 is 0 Å². The molecule has 0 spiro atoms. The van der Waals surface area contributed by atoms with E-state index in [9.17, 15) is 0 Å². The second kappa shape index (κ2) is 3.67. The molecule has 0 unspecified atom stereocenters. The van der Waals surface area contributed by atoms with Crippen LogP contribution in [0.5, 0.6) is 0 Å². The number of anilines is 2. The van der Waals surface area contributed by atoms with Crippen molar-refractivity contribution in [2.75, 3.05) is 5.32 Å². The molecule has 0 radical (unpaired) electrons. The van der Waals surface area contributed by atoms with Crippen LogP contribution in [-0.2, 0) is 7.05 Å². The lowest BCUT2D eigenvalue weighted by Crippen LogP contribution is -1.94. The third kappa shape index (κ3) is 1.85. The van der Waals surface area contributed by atoms with Crippen molar-refractivity contribution in [2.24, 2.45) is 7.05 Å². The van der Waals surface area contributed by atoms with E-state index >= 15 is 0 Å². The predicted molar refractivity (Wildman–Crippen MR) is 55.7 cm³/mol. The van der Waals surface area contributed by atoms with Crippen molar-refractivity contribution in [2.45, 2.75) is 0 Å². The molecule has 0 fully saturated rings. The van der Waals surface area contributed by atoms with Gasteiger partial charge in [-0.3, -0.25) is 9.67 Å². The highest BCUT2D eigenvalue weighted by Crippen LogP contribution is 2.22. The van der Waals surface area contributed by atoms with Crippen molar-refractivity contribution in [3.8, 4) is 0 Å². The van der Waals surface area contributed by atoms with Gasteiger partial charge in [0.25, 0.3) is 0 Å². The molecule has 0 saturated heterocycles. The van der Waals surface area contributed by atoms with E-state index in [-0.39, 0.29) is 0 Å². The molecule has 0 aliphatic carbocycles. The minimum absolute atomic E-state index is 0.582. The fourth-order valence-corrected chi connectivity index (χ4v) is 1.26. The van der Waals surface area contributed by atoms with Crippen LogP contribution in [0.25, 0.3) is 0 Å². The summed E-state index contributed by atoms with van der Waals surface area (Å²) in [7, 11) is 1.86. The number of rotatable bonds is 2. The molecule has 2 aromatic heterocycles. The van der Waals surface area contributed by atoms with Crippen LogP contribution in [0.4, 0.5) is 11.5 Å². The zero-order chi connectivity index (χ0) is 9.97. The summed E-state index contributed by atoms with van der Waals surface area (Å²) in [5, 5.41) is 7.84. The molecule has 0 atom stereocenters. The summed E-state index contributed by atoms with van der Waals surface area (Å²) < 4.78 is 1.72. The van der Waals surface area contributed by atoms with E-state index in [2.05, 4.69) is 15.4 Å². The van der Waals surface area contributed by atoms with E-state index in [0.717, 1.165) is 11.5 Å². The first-order valence-corrected chi connectivity index (χ1v) is 4.50. The lowest BCUT2D eigenvalue weighted by Gasteiger charge is -2.03. The first-order valence-electron chi connectivity index (χ1n) is 4.12. The van der Waals surface area contributed by atoms with Gasteiger partial charge in [-0.2, -0.15) is 5.10 Å². The van der Waals surface area contributed by atoms with Gasteiger partial charge in [-0.05, 0) is 6.07 Å². The van der Waals surface area contributed by atoms with Gasteiger partial charge in [0, 0.05) is 31.7 Å². The van der Waals surface area contributed by atoms with Crippen molar-refractivity contribution in [3.63, 3.8) is 0 Å². The normalized spacial score (nSPS) is 10.1. The Hall–Kier alpha value is -1.55. The number of nitrogens with one attached hydrogen (secondary N) is 1. The second-order valence-electron chi connectivity index (χ2n) is 2.86. The topological polar surface area (TPSA) is 42.7 Å². The smallest absolute Gasteiger partial charge is 0.152 e. The maximum Gasteiger partial charge on any atom is 0.152 e. The minimum Gasteiger partial charge on any atom is -0.337 e. The Morgan fingerprint density at radius 3 is 2.93 bits per heavy atom. The number of aromatic nitrogens is 3. The van der Waals surface area contributed by atoms with Crippen LogP contribution in [0.3, 0.4) is 0 Å². The quantitative estimate of drug-likeness (QED) is 0.823. The summed E-state index contributed by atoms with van der Waals surface area (Å²) in [5.74, 6) is 0.764. The zero-order valence-corrected chi connectivity index (χ0v) is 8.36. The maximum absolute atomic E-state index is 5.92. The lowest BCUT2D eigenvalue weighted by atomic mass is 10.4. The van der Waals surface area contributed by atoms with E-state index in [1.807, 2.05) is 19.3 Å². The van der Waals surface area contributed by atoms with Crippen molar-refractivity contribution >= 4 is 23.1 Å². The molecular formula is C9H9ClN4. The first kappa shape index (κ1) is 9.02. The van der Waals surface area contributed by atoms with Gasteiger partial charge in [-0.15, -0.1) is 0 Å². The van der Waals surface area contributed by atoms with Gasteiger partial charge in [0.1, 0.15) is 0 Å². The number of hydrogen-bond donors (Lipinski definition) is 1. The van der Waals surface area contributed by atoms with E-state index in [0.29, 0.717) is 5.02 Å². The maximum atomic E-state index is 5.92. The molecule has 2 heterocycles. The van der Waals surface area contributed by atoms with Gasteiger partial charge >= 0.3 is 0 Å². The molecule has 0 saturated carbocycles. The SMILES string of the molecule is Cn1ccc(Nc2ccncc2Cl)n1. The Labute approximate surface area is 86.5 Å². The van der Waals surface area contributed by atoms with Crippen LogP contribution < -0.4 is 5.32 Å². The van der Waals surface area contributed by atoms with Gasteiger partial charge in [0.15, 0.2) is 5.82 Å². The van der Waals surface area contributed by atoms with Gasteiger partial charge in [-0.25, -0.2) is 0 Å². The van der Waals surface area contributed by atoms with Crippen molar-refractivity contribution in [1.29, 1.82) is 0 Å². The fraction of sp³-hybridized carbons (Fsp3) is 0.111. The number of hydrogen-bond acceptors (Lipinski definition) is 3. The average molecular weight is 209 g/mol. The van der Waals surface area contributed by atoms with Crippen LogP contribution in [0.1, 0.15) is 0 Å². The average Bonchev–Trinajstić information content (AvgIpc) is 2.56. The molecule has 0 aliphatic heterocycles. The number of pyridine rings is 1. The Balaban J connectivity index is 2.23. The molecule has 5 heteroatoms. The van der Waals surface area contributed by atoms with E-state index in [1.165, 1.54) is 0 Å². The Bertz CT molecular complexity index is 438. The molecule has 72 valence electrons. The van der Waals surface area contributed by atoms with E-state index < -0.39 is 0 Å². The molecule has 0 bridgehead atoms. The largest absolute Gasteiger partial charge is 0.337 e. The van der Waals surface area contributed by atoms with Gasteiger partial charge in [0.2, 0.25) is 0 Å².